The van der Waals surface area contributed by atoms with Gasteiger partial charge in [0.25, 0.3) is 0 Å². The third-order valence-corrected chi connectivity index (χ3v) is 1.63. The molecule has 1 aliphatic heterocycles. The predicted octanol–water partition coefficient (Wildman–Crippen LogP) is 1.10. The van der Waals surface area contributed by atoms with E-state index in [2.05, 4.69) is 0 Å². The highest BCUT2D eigenvalue weighted by atomic mass is 19.1. The Kier molecular flexibility index (Phi) is 2.09. The summed E-state index contributed by atoms with van der Waals surface area (Å²) in [7, 11) is 0. The molecule has 1 N–H and O–H groups in total. The van der Waals surface area contributed by atoms with Crippen molar-refractivity contribution in [1.29, 1.82) is 0 Å². The summed E-state index contributed by atoms with van der Waals surface area (Å²) in [4.78, 5) is 11.4. The van der Waals surface area contributed by atoms with Gasteiger partial charge in [0.15, 0.2) is 0 Å². The van der Waals surface area contributed by atoms with Crippen LogP contribution in [-0.4, -0.2) is 35.4 Å². The lowest BCUT2D eigenvalue weighted by Gasteiger charge is -2.25. The molecule has 1 fully saturated rings. The summed E-state index contributed by atoms with van der Waals surface area (Å²) in [5.74, 6) is 0. The van der Waals surface area contributed by atoms with E-state index in [9.17, 15) is 9.18 Å². The van der Waals surface area contributed by atoms with Crippen molar-refractivity contribution in [2.45, 2.75) is 19.0 Å². The molecule has 0 bridgehead atoms. The van der Waals surface area contributed by atoms with Crippen LogP contribution in [0.3, 0.4) is 0 Å². The van der Waals surface area contributed by atoms with Crippen LogP contribution < -0.4 is 0 Å². The zero-order valence-electron chi connectivity index (χ0n) is 5.59. The zero-order valence-corrected chi connectivity index (χ0v) is 5.59. The van der Waals surface area contributed by atoms with E-state index in [-0.39, 0.29) is 6.54 Å². The van der Waals surface area contributed by atoms with Gasteiger partial charge in [0, 0.05) is 6.54 Å². The van der Waals surface area contributed by atoms with Gasteiger partial charge in [0.2, 0.25) is 0 Å². The van der Waals surface area contributed by atoms with Crippen LogP contribution >= 0.6 is 0 Å². The van der Waals surface area contributed by atoms with Crippen LogP contribution in [0.1, 0.15) is 12.8 Å². The second-order valence-corrected chi connectivity index (χ2v) is 2.47. The lowest BCUT2D eigenvalue weighted by Crippen LogP contribution is -2.39. The summed E-state index contributed by atoms with van der Waals surface area (Å²) in [6.45, 7) is 0.533. The summed E-state index contributed by atoms with van der Waals surface area (Å²) in [5, 5.41) is 8.42. The number of carbonyl (C=O) groups is 1. The van der Waals surface area contributed by atoms with E-state index in [0.717, 1.165) is 4.90 Å². The molecule has 3 nitrogen and oxygen atoms in total. The lowest BCUT2D eigenvalue weighted by atomic mass is 10.1. The van der Waals surface area contributed by atoms with Crippen molar-refractivity contribution in [3.63, 3.8) is 0 Å². The number of alkyl halides is 1. The molecule has 58 valence electrons. The fourth-order valence-corrected chi connectivity index (χ4v) is 1.10. The van der Waals surface area contributed by atoms with Crippen molar-refractivity contribution < 1.29 is 14.3 Å². The van der Waals surface area contributed by atoms with Gasteiger partial charge in [-0.05, 0) is 12.8 Å². The number of likely N-dealkylation sites (tertiary alicyclic amines) is 1. The third-order valence-electron chi connectivity index (χ3n) is 1.63. The highest BCUT2D eigenvalue weighted by Gasteiger charge is 2.21. The number of hydrogen-bond donors (Lipinski definition) is 1. The van der Waals surface area contributed by atoms with Crippen LogP contribution in [-0.2, 0) is 0 Å². The standard InChI is InChI=1S/C6H10FNO2/c7-5-2-1-3-8(4-5)6(9)10/h5H,1-4H2,(H,9,10)/t5-/m0/s1. The number of rotatable bonds is 0. The SMILES string of the molecule is O=C(O)N1CCC[C@H](F)C1. The van der Waals surface area contributed by atoms with E-state index in [4.69, 9.17) is 5.11 Å². The molecule has 1 rings (SSSR count). The number of carboxylic acid groups (broad SMARTS) is 1. The highest BCUT2D eigenvalue weighted by molar-refractivity contribution is 5.65. The van der Waals surface area contributed by atoms with Gasteiger partial charge in [-0.2, -0.15) is 0 Å². The summed E-state index contributed by atoms with van der Waals surface area (Å²) in [6, 6.07) is 0. The monoisotopic (exact) mass is 147 g/mol. The molecule has 4 heteroatoms. The van der Waals surface area contributed by atoms with Crippen LogP contribution in [0.25, 0.3) is 0 Å². The molecule has 1 saturated heterocycles. The Labute approximate surface area is 58.4 Å². The van der Waals surface area contributed by atoms with Gasteiger partial charge in [-0.15, -0.1) is 0 Å². The predicted molar refractivity (Wildman–Crippen MR) is 33.7 cm³/mol. The van der Waals surface area contributed by atoms with Gasteiger partial charge >= 0.3 is 6.09 Å². The quantitative estimate of drug-likeness (QED) is 0.557. The molecule has 0 radical (unpaired) electrons. The smallest absolute Gasteiger partial charge is 0.407 e. The Hall–Kier alpha value is -0.800. The molecule has 1 heterocycles. The van der Waals surface area contributed by atoms with Gasteiger partial charge in [0.1, 0.15) is 6.17 Å². The van der Waals surface area contributed by atoms with Crippen molar-refractivity contribution in [3.05, 3.63) is 0 Å². The van der Waals surface area contributed by atoms with E-state index in [1.807, 2.05) is 0 Å². The fourth-order valence-electron chi connectivity index (χ4n) is 1.10. The normalized spacial score (nSPS) is 26.5. The molecule has 1 aliphatic rings. The number of hydrogen-bond acceptors (Lipinski definition) is 1. The summed E-state index contributed by atoms with van der Waals surface area (Å²) < 4.78 is 12.5. The van der Waals surface area contributed by atoms with Crippen LogP contribution in [0.15, 0.2) is 0 Å². The number of nitrogens with zero attached hydrogens (tertiary/aromatic N) is 1. The van der Waals surface area contributed by atoms with E-state index >= 15 is 0 Å². The molecular weight excluding hydrogens is 137 g/mol. The van der Waals surface area contributed by atoms with Crippen LogP contribution in [0.2, 0.25) is 0 Å². The molecule has 10 heavy (non-hydrogen) atoms. The minimum Gasteiger partial charge on any atom is -0.465 e. The van der Waals surface area contributed by atoms with Crippen molar-refractivity contribution >= 4 is 6.09 Å². The van der Waals surface area contributed by atoms with E-state index in [0.29, 0.717) is 19.4 Å². The van der Waals surface area contributed by atoms with E-state index in [1.165, 1.54) is 0 Å². The van der Waals surface area contributed by atoms with Gasteiger partial charge in [-0.1, -0.05) is 0 Å². The molecule has 0 saturated carbocycles. The molecule has 1 amide bonds. The van der Waals surface area contributed by atoms with Gasteiger partial charge in [0.05, 0.1) is 6.54 Å². The number of amides is 1. The molecule has 0 unspecified atom stereocenters. The second kappa shape index (κ2) is 2.86. The van der Waals surface area contributed by atoms with Crippen molar-refractivity contribution in [3.8, 4) is 0 Å². The Balaban J connectivity index is 2.39. The molecule has 0 aromatic carbocycles. The molecule has 0 spiro atoms. The largest absolute Gasteiger partial charge is 0.465 e. The maximum absolute atomic E-state index is 12.5. The molecule has 0 aromatic rings. The number of halogens is 1. The van der Waals surface area contributed by atoms with Crippen LogP contribution in [0, 0.1) is 0 Å². The van der Waals surface area contributed by atoms with Crippen molar-refractivity contribution in [2.24, 2.45) is 0 Å². The summed E-state index contributed by atoms with van der Waals surface area (Å²) in [5.41, 5.74) is 0. The zero-order chi connectivity index (χ0) is 7.56. The minimum atomic E-state index is -1.01. The van der Waals surface area contributed by atoms with E-state index in [1.54, 1.807) is 0 Å². The highest BCUT2D eigenvalue weighted by Crippen LogP contribution is 2.12. The first-order chi connectivity index (χ1) is 4.70. The maximum Gasteiger partial charge on any atom is 0.407 e. The van der Waals surface area contributed by atoms with Crippen molar-refractivity contribution in [1.82, 2.24) is 4.90 Å². The van der Waals surface area contributed by atoms with Crippen molar-refractivity contribution in [2.75, 3.05) is 13.1 Å². The topological polar surface area (TPSA) is 40.5 Å². The van der Waals surface area contributed by atoms with Crippen LogP contribution in [0.4, 0.5) is 9.18 Å². The lowest BCUT2D eigenvalue weighted by molar-refractivity contribution is 0.107. The Morgan fingerprint density at radius 3 is 2.80 bits per heavy atom. The summed E-state index contributed by atoms with van der Waals surface area (Å²) >= 11 is 0. The average molecular weight is 147 g/mol. The fraction of sp³-hybridized carbons (Fsp3) is 0.833. The first-order valence-electron chi connectivity index (χ1n) is 3.32. The summed E-state index contributed by atoms with van der Waals surface area (Å²) in [6.07, 6.45) is -0.816. The third kappa shape index (κ3) is 1.59. The molecule has 0 aromatic heterocycles. The average Bonchev–Trinajstić information content (AvgIpc) is 1.88. The molecule has 0 aliphatic carbocycles. The van der Waals surface area contributed by atoms with Gasteiger partial charge in [-0.3, -0.25) is 0 Å². The van der Waals surface area contributed by atoms with Crippen LogP contribution in [0.5, 0.6) is 0 Å². The first-order valence-corrected chi connectivity index (χ1v) is 3.32. The Bertz CT molecular complexity index is 140. The second-order valence-electron chi connectivity index (χ2n) is 2.47. The minimum absolute atomic E-state index is 0.0509. The van der Waals surface area contributed by atoms with E-state index < -0.39 is 12.3 Å². The Morgan fingerprint density at radius 2 is 2.40 bits per heavy atom. The Morgan fingerprint density at radius 1 is 1.70 bits per heavy atom. The molecular formula is C6H10FNO2. The number of piperidine rings is 1. The first kappa shape index (κ1) is 7.31. The molecule has 1 atom stereocenters. The van der Waals surface area contributed by atoms with Gasteiger partial charge in [-0.25, -0.2) is 9.18 Å². The maximum atomic E-state index is 12.5. The van der Waals surface area contributed by atoms with Gasteiger partial charge < -0.3 is 10.0 Å².